The molecule has 2 saturated heterocycles. The van der Waals surface area contributed by atoms with Gasteiger partial charge in [-0.25, -0.2) is 0 Å². The van der Waals surface area contributed by atoms with Crippen LogP contribution >= 0.6 is 0 Å². The first kappa shape index (κ1) is 13.5. The summed E-state index contributed by atoms with van der Waals surface area (Å²) in [5.74, 6) is 0.158. The minimum atomic E-state index is 0.0496. The van der Waals surface area contributed by atoms with Gasteiger partial charge in [-0.05, 0) is 6.42 Å². The quantitative estimate of drug-likeness (QED) is 0.622. The molecule has 2 aliphatic heterocycles. The van der Waals surface area contributed by atoms with Crippen LogP contribution in [-0.2, 0) is 14.3 Å². The number of hydrogen-bond donors (Lipinski definition) is 0. The monoisotopic (exact) mass is 238 g/mol. The number of terminal acetylenes is 1. The average Bonchev–Trinajstić information content (AvgIpc) is 2.79. The highest BCUT2D eigenvalue weighted by atomic mass is 16.5. The zero-order valence-electron chi connectivity index (χ0n) is 9.93. The Balaban J connectivity index is 0.000000686. The van der Waals surface area contributed by atoms with Crippen molar-refractivity contribution in [1.82, 2.24) is 9.80 Å². The van der Waals surface area contributed by atoms with Crippen LogP contribution in [0.25, 0.3) is 0 Å². The lowest BCUT2D eigenvalue weighted by Gasteiger charge is -2.28. The Morgan fingerprint density at radius 2 is 1.88 bits per heavy atom. The highest BCUT2D eigenvalue weighted by Crippen LogP contribution is 2.10. The number of amides is 2. The summed E-state index contributed by atoms with van der Waals surface area (Å²) >= 11 is 0. The summed E-state index contributed by atoms with van der Waals surface area (Å²) in [5, 5.41) is 0. The molecular formula is C12H18N2O3. The molecule has 0 bridgehead atoms. The maximum atomic E-state index is 11.8. The van der Waals surface area contributed by atoms with Crippen molar-refractivity contribution in [1.29, 1.82) is 0 Å². The molecule has 0 aromatic heterocycles. The molecule has 2 amide bonds. The Bertz CT molecular complexity index is 295. The number of nitrogens with zero attached hydrogens (tertiary/aromatic N) is 2. The lowest BCUT2D eigenvalue weighted by atomic mass is 10.4. The van der Waals surface area contributed by atoms with Crippen LogP contribution < -0.4 is 0 Å². The van der Waals surface area contributed by atoms with Gasteiger partial charge in [0.15, 0.2) is 0 Å². The third-order valence-corrected chi connectivity index (χ3v) is 2.86. The van der Waals surface area contributed by atoms with Crippen LogP contribution in [0.4, 0.5) is 0 Å². The van der Waals surface area contributed by atoms with Gasteiger partial charge in [-0.1, -0.05) is 0 Å². The normalized spacial score (nSPS) is 19.8. The molecule has 0 atom stereocenters. The van der Waals surface area contributed by atoms with Crippen LogP contribution in [0, 0.1) is 12.8 Å². The Morgan fingerprint density at radius 1 is 1.24 bits per heavy atom. The van der Waals surface area contributed by atoms with Gasteiger partial charge in [-0.2, -0.15) is 0 Å². The van der Waals surface area contributed by atoms with Gasteiger partial charge in [0.1, 0.15) is 0 Å². The van der Waals surface area contributed by atoms with Crippen molar-refractivity contribution in [3.8, 4) is 12.8 Å². The SMILES string of the molecule is C#C.O=C(CN1CCCC1=O)N1CCOCC1. The molecule has 0 saturated carbocycles. The molecule has 2 heterocycles. The Morgan fingerprint density at radius 3 is 2.41 bits per heavy atom. The lowest BCUT2D eigenvalue weighted by Crippen LogP contribution is -2.46. The molecule has 5 nitrogen and oxygen atoms in total. The van der Waals surface area contributed by atoms with Gasteiger partial charge in [0.2, 0.25) is 11.8 Å². The number of rotatable bonds is 2. The highest BCUT2D eigenvalue weighted by molar-refractivity contribution is 5.85. The number of carbonyl (C=O) groups excluding carboxylic acids is 2. The molecule has 5 heteroatoms. The number of morpholine rings is 1. The van der Waals surface area contributed by atoms with Crippen molar-refractivity contribution in [3.05, 3.63) is 0 Å². The van der Waals surface area contributed by atoms with E-state index in [1.165, 1.54) is 0 Å². The Kier molecular flexibility index (Phi) is 5.50. The number of carbonyl (C=O) groups is 2. The van der Waals surface area contributed by atoms with Crippen molar-refractivity contribution >= 4 is 11.8 Å². The second-order valence-corrected chi connectivity index (χ2v) is 3.91. The summed E-state index contributed by atoms with van der Waals surface area (Å²) in [5.41, 5.74) is 0. The molecule has 0 aromatic carbocycles. The zero-order chi connectivity index (χ0) is 12.7. The molecule has 0 aliphatic carbocycles. The van der Waals surface area contributed by atoms with Crippen LogP contribution in [0.2, 0.25) is 0 Å². The highest BCUT2D eigenvalue weighted by Gasteiger charge is 2.25. The molecule has 2 aliphatic rings. The van der Waals surface area contributed by atoms with E-state index in [1.54, 1.807) is 9.80 Å². The third-order valence-electron chi connectivity index (χ3n) is 2.86. The van der Waals surface area contributed by atoms with E-state index >= 15 is 0 Å². The summed E-state index contributed by atoms with van der Waals surface area (Å²) in [6.07, 6.45) is 9.48. The average molecular weight is 238 g/mol. The van der Waals surface area contributed by atoms with Crippen LogP contribution in [0.1, 0.15) is 12.8 Å². The van der Waals surface area contributed by atoms with Gasteiger partial charge >= 0.3 is 0 Å². The number of likely N-dealkylation sites (tertiary alicyclic amines) is 1. The molecule has 0 spiro atoms. The fraction of sp³-hybridized carbons (Fsp3) is 0.667. The Hall–Kier alpha value is -1.54. The second kappa shape index (κ2) is 6.92. The van der Waals surface area contributed by atoms with E-state index < -0.39 is 0 Å². The molecule has 94 valence electrons. The van der Waals surface area contributed by atoms with E-state index in [-0.39, 0.29) is 18.4 Å². The first-order valence-corrected chi connectivity index (χ1v) is 5.74. The van der Waals surface area contributed by atoms with Gasteiger partial charge in [0.25, 0.3) is 0 Å². The van der Waals surface area contributed by atoms with Crippen LogP contribution in [0.15, 0.2) is 0 Å². The third kappa shape index (κ3) is 3.75. The van der Waals surface area contributed by atoms with E-state index in [1.807, 2.05) is 0 Å². The zero-order valence-corrected chi connectivity index (χ0v) is 9.93. The summed E-state index contributed by atoms with van der Waals surface area (Å²) in [4.78, 5) is 26.5. The number of hydrogen-bond acceptors (Lipinski definition) is 3. The van der Waals surface area contributed by atoms with Crippen molar-refractivity contribution in [3.63, 3.8) is 0 Å². The predicted octanol–water partition coefficient (Wildman–Crippen LogP) is -0.283. The topological polar surface area (TPSA) is 49.9 Å². The molecule has 0 radical (unpaired) electrons. The van der Waals surface area contributed by atoms with E-state index in [9.17, 15) is 9.59 Å². The minimum Gasteiger partial charge on any atom is -0.378 e. The largest absolute Gasteiger partial charge is 0.378 e. The van der Waals surface area contributed by atoms with Crippen LogP contribution in [-0.4, -0.2) is 61.0 Å². The molecular weight excluding hydrogens is 220 g/mol. The first-order valence-electron chi connectivity index (χ1n) is 5.74. The van der Waals surface area contributed by atoms with Gasteiger partial charge in [0.05, 0.1) is 19.8 Å². The fourth-order valence-electron chi connectivity index (χ4n) is 1.95. The predicted molar refractivity (Wildman–Crippen MR) is 63.1 cm³/mol. The summed E-state index contributed by atoms with van der Waals surface area (Å²) < 4.78 is 5.17. The Labute approximate surface area is 102 Å². The molecule has 0 aromatic rings. The van der Waals surface area contributed by atoms with Crippen molar-refractivity contribution < 1.29 is 14.3 Å². The summed E-state index contributed by atoms with van der Waals surface area (Å²) in [7, 11) is 0. The molecule has 0 unspecified atom stereocenters. The van der Waals surface area contributed by atoms with Crippen LogP contribution in [0.3, 0.4) is 0 Å². The molecule has 2 fully saturated rings. The minimum absolute atomic E-state index is 0.0496. The summed E-state index contributed by atoms with van der Waals surface area (Å²) in [6.45, 7) is 3.51. The van der Waals surface area contributed by atoms with Crippen LogP contribution in [0.5, 0.6) is 0 Å². The summed E-state index contributed by atoms with van der Waals surface area (Å²) in [6, 6.07) is 0. The molecule has 0 N–H and O–H groups in total. The maximum absolute atomic E-state index is 11.8. The van der Waals surface area contributed by atoms with Crippen molar-refractivity contribution in [2.24, 2.45) is 0 Å². The lowest BCUT2D eigenvalue weighted by molar-refractivity contribution is -0.141. The molecule has 17 heavy (non-hydrogen) atoms. The molecule has 2 rings (SSSR count). The second-order valence-electron chi connectivity index (χ2n) is 3.91. The van der Waals surface area contributed by atoms with Crippen molar-refractivity contribution in [2.45, 2.75) is 12.8 Å². The standard InChI is InChI=1S/C10H16N2O3.C2H2/c13-9-2-1-3-12(9)8-10(14)11-4-6-15-7-5-11;1-2/h1-8H2;1-2H. The van der Waals surface area contributed by atoms with Gasteiger partial charge in [-0.15, -0.1) is 12.8 Å². The van der Waals surface area contributed by atoms with E-state index in [2.05, 4.69) is 12.8 Å². The van der Waals surface area contributed by atoms with Gasteiger partial charge < -0.3 is 14.5 Å². The van der Waals surface area contributed by atoms with Gasteiger partial charge in [0, 0.05) is 26.1 Å². The van der Waals surface area contributed by atoms with E-state index in [0.29, 0.717) is 32.7 Å². The smallest absolute Gasteiger partial charge is 0.242 e. The first-order chi connectivity index (χ1) is 8.27. The van der Waals surface area contributed by atoms with Crippen molar-refractivity contribution in [2.75, 3.05) is 39.4 Å². The van der Waals surface area contributed by atoms with Gasteiger partial charge in [-0.3, -0.25) is 9.59 Å². The van der Waals surface area contributed by atoms with E-state index in [4.69, 9.17) is 4.74 Å². The number of ether oxygens (including phenoxy) is 1. The fourth-order valence-corrected chi connectivity index (χ4v) is 1.95. The van der Waals surface area contributed by atoms with E-state index in [0.717, 1.165) is 13.0 Å². The maximum Gasteiger partial charge on any atom is 0.242 e.